The molecular formula is C20H23ClN2O2. The van der Waals surface area contributed by atoms with Crippen LogP contribution in [0.1, 0.15) is 28.8 Å². The Kier molecular flexibility index (Phi) is 5.02. The summed E-state index contributed by atoms with van der Waals surface area (Å²) in [6, 6.07) is 15.0. The van der Waals surface area contributed by atoms with Crippen molar-refractivity contribution in [2.75, 3.05) is 27.2 Å². The normalized spacial score (nSPS) is 16.9. The molecule has 132 valence electrons. The van der Waals surface area contributed by atoms with Crippen molar-refractivity contribution >= 4 is 17.5 Å². The molecule has 1 aliphatic rings. The molecule has 0 aliphatic carbocycles. The predicted molar refractivity (Wildman–Crippen MR) is 100 cm³/mol. The number of phenols is 1. The van der Waals surface area contributed by atoms with Crippen molar-refractivity contribution in [1.29, 1.82) is 0 Å². The molecule has 1 heterocycles. The predicted octanol–water partition coefficient (Wildman–Crippen LogP) is 3.74. The number of benzene rings is 2. The van der Waals surface area contributed by atoms with Crippen LogP contribution in [0.25, 0.3) is 0 Å². The Bertz CT molecular complexity index is 733. The van der Waals surface area contributed by atoms with Crippen LogP contribution in [0.3, 0.4) is 0 Å². The van der Waals surface area contributed by atoms with Gasteiger partial charge in [-0.15, -0.1) is 0 Å². The fourth-order valence-corrected chi connectivity index (χ4v) is 3.93. The Hall–Kier alpha value is -2.04. The third-order valence-corrected chi connectivity index (χ3v) is 5.39. The number of piperidine rings is 1. The van der Waals surface area contributed by atoms with Crippen LogP contribution in [0.15, 0.2) is 48.5 Å². The maximum Gasteiger partial charge on any atom is 0.254 e. The summed E-state index contributed by atoms with van der Waals surface area (Å²) in [5.74, 6) is -0.0713. The molecule has 1 fully saturated rings. The first-order valence-electron chi connectivity index (χ1n) is 8.44. The lowest BCUT2D eigenvalue weighted by Crippen LogP contribution is -2.51. The summed E-state index contributed by atoms with van der Waals surface area (Å²) >= 11 is 5.96. The molecule has 1 N–H and O–H groups in total. The SMILES string of the molecule is CN(C)C1(c2ccccc2)CCN(C(=O)c2cc(O)cc(Cl)c2)CC1. The van der Waals surface area contributed by atoms with E-state index in [1.54, 1.807) is 6.07 Å². The van der Waals surface area contributed by atoms with Gasteiger partial charge >= 0.3 is 0 Å². The van der Waals surface area contributed by atoms with Gasteiger partial charge in [0.2, 0.25) is 0 Å². The third-order valence-electron chi connectivity index (χ3n) is 5.17. The molecule has 1 aliphatic heterocycles. The highest BCUT2D eigenvalue weighted by Gasteiger charge is 2.39. The number of phenolic OH excluding ortho intramolecular Hbond substituents is 1. The van der Waals surface area contributed by atoms with Crippen LogP contribution >= 0.6 is 11.6 Å². The minimum absolute atomic E-state index is 0.0137. The van der Waals surface area contributed by atoms with Gasteiger partial charge in [0.15, 0.2) is 0 Å². The third kappa shape index (κ3) is 3.51. The molecule has 4 nitrogen and oxygen atoms in total. The second kappa shape index (κ2) is 7.06. The van der Waals surface area contributed by atoms with Crippen LogP contribution in [0, 0.1) is 0 Å². The second-order valence-electron chi connectivity index (χ2n) is 6.78. The van der Waals surface area contributed by atoms with Gasteiger partial charge in [-0.1, -0.05) is 41.9 Å². The number of carbonyl (C=O) groups is 1. The summed E-state index contributed by atoms with van der Waals surface area (Å²) in [7, 11) is 4.19. The van der Waals surface area contributed by atoms with Crippen LogP contribution in [-0.2, 0) is 5.54 Å². The van der Waals surface area contributed by atoms with Gasteiger partial charge < -0.3 is 10.0 Å². The van der Waals surface area contributed by atoms with Crippen molar-refractivity contribution in [3.63, 3.8) is 0 Å². The van der Waals surface area contributed by atoms with Crippen LogP contribution in [-0.4, -0.2) is 48.0 Å². The van der Waals surface area contributed by atoms with Crippen LogP contribution in [0.5, 0.6) is 5.75 Å². The molecule has 1 amide bonds. The van der Waals surface area contributed by atoms with E-state index in [0.717, 1.165) is 12.8 Å². The lowest BCUT2D eigenvalue weighted by Gasteiger charge is -2.46. The smallest absolute Gasteiger partial charge is 0.254 e. The maximum absolute atomic E-state index is 12.8. The van der Waals surface area contributed by atoms with Gasteiger partial charge in [-0.25, -0.2) is 0 Å². The highest BCUT2D eigenvalue weighted by atomic mass is 35.5. The van der Waals surface area contributed by atoms with E-state index in [1.807, 2.05) is 11.0 Å². The van der Waals surface area contributed by atoms with E-state index in [4.69, 9.17) is 11.6 Å². The molecule has 2 aromatic carbocycles. The molecule has 0 spiro atoms. The fourth-order valence-electron chi connectivity index (χ4n) is 3.70. The first-order valence-corrected chi connectivity index (χ1v) is 8.82. The first-order chi connectivity index (χ1) is 11.9. The van der Waals surface area contributed by atoms with Crippen LogP contribution in [0.2, 0.25) is 5.02 Å². The van der Waals surface area contributed by atoms with Gasteiger partial charge in [0.05, 0.1) is 0 Å². The molecule has 25 heavy (non-hydrogen) atoms. The Morgan fingerprint density at radius 3 is 2.32 bits per heavy atom. The first kappa shape index (κ1) is 17.8. The summed E-state index contributed by atoms with van der Waals surface area (Å²) in [5.41, 5.74) is 1.66. The van der Waals surface area contributed by atoms with Crippen molar-refractivity contribution in [3.8, 4) is 5.75 Å². The molecule has 0 radical (unpaired) electrons. The summed E-state index contributed by atoms with van der Waals surface area (Å²) in [6.07, 6.45) is 1.73. The van der Waals surface area contributed by atoms with Crippen LogP contribution < -0.4 is 0 Å². The van der Waals surface area contributed by atoms with Gasteiger partial charge in [0, 0.05) is 29.2 Å². The summed E-state index contributed by atoms with van der Waals surface area (Å²) in [4.78, 5) is 16.9. The number of likely N-dealkylation sites (tertiary alicyclic amines) is 1. The van der Waals surface area contributed by atoms with E-state index in [1.165, 1.54) is 17.7 Å². The van der Waals surface area contributed by atoms with E-state index < -0.39 is 0 Å². The highest BCUT2D eigenvalue weighted by Crippen LogP contribution is 2.37. The standard InChI is InChI=1S/C20H23ClN2O2/c1-22(2)20(16-6-4-3-5-7-16)8-10-23(11-9-20)19(25)15-12-17(21)14-18(24)13-15/h3-7,12-14,24H,8-11H2,1-2H3. The zero-order chi connectivity index (χ0) is 18.0. The van der Waals surface area contributed by atoms with Gasteiger partial charge in [-0.05, 0) is 50.7 Å². The second-order valence-corrected chi connectivity index (χ2v) is 7.22. The molecule has 0 aromatic heterocycles. The minimum Gasteiger partial charge on any atom is -0.508 e. The molecule has 3 rings (SSSR count). The molecule has 1 saturated heterocycles. The van der Waals surface area contributed by atoms with Crippen LogP contribution in [0.4, 0.5) is 0 Å². The summed E-state index contributed by atoms with van der Waals surface area (Å²) < 4.78 is 0. The monoisotopic (exact) mass is 358 g/mol. The van der Waals surface area contributed by atoms with Gasteiger partial charge in [0.1, 0.15) is 5.75 Å². The van der Waals surface area contributed by atoms with Crippen molar-refractivity contribution in [3.05, 3.63) is 64.7 Å². The van der Waals surface area contributed by atoms with Crippen molar-refractivity contribution in [2.24, 2.45) is 0 Å². The van der Waals surface area contributed by atoms with E-state index >= 15 is 0 Å². The Morgan fingerprint density at radius 1 is 1.12 bits per heavy atom. The topological polar surface area (TPSA) is 43.8 Å². The lowest BCUT2D eigenvalue weighted by molar-refractivity contribution is 0.0411. The number of carbonyl (C=O) groups excluding carboxylic acids is 1. The van der Waals surface area contributed by atoms with Gasteiger partial charge in [-0.3, -0.25) is 9.69 Å². The van der Waals surface area contributed by atoms with E-state index in [0.29, 0.717) is 23.7 Å². The average Bonchev–Trinajstić information content (AvgIpc) is 2.61. The van der Waals surface area contributed by atoms with E-state index in [9.17, 15) is 9.90 Å². The number of halogens is 1. The number of rotatable bonds is 3. The molecule has 2 aromatic rings. The Labute approximate surface area is 153 Å². The molecular weight excluding hydrogens is 336 g/mol. The Balaban J connectivity index is 1.79. The molecule has 0 atom stereocenters. The number of nitrogens with zero attached hydrogens (tertiary/aromatic N) is 2. The van der Waals surface area contributed by atoms with Gasteiger partial charge in [-0.2, -0.15) is 0 Å². The molecule has 0 unspecified atom stereocenters. The minimum atomic E-state index is -0.0850. The number of amides is 1. The highest BCUT2D eigenvalue weighted by molar-refractivity contribution is 6.31. The van der Waals surface area contributed by atoms with Crippen molar-refractivity contribution in [2.45, 2.75) is 18.4 Å². The Morgan fingerprint density at radius 2 is 1.76 bits per heavy atom. The molecule has 0 saturated carbocycles. The average molecular weight is 359 g/mol. The number of hydrogen-bond donors (Lipinski definition) is 1. The molecule has 5 heteroatoms. The maximum atomic E-state index is 12.8. The van der Waals surface area contributed by atoms with Crippen molar-refractivity contribution in [1.82, 2.24) is 9.80 Å². The van der Waals surface area contributed by atoms with Crippen molar-refractivity contribution < 1.29 is 9.90 Å². The largest absolute Gasteiger partial charge is 0.508 e. The zero-order valence-electron chi connectivity index (χ0n) is 14.6. The summed E-state index contributed by atoms with van der Waals surface area (Å²) in [5, 5.41) is 10.1. The van der Waals surface area contributed by atoms with E-state index in [-0.39, 0.29) is 17.2 Å². The summed E-state index contributed by atoms with van der Waals surface area (Å²) in [6.45, 7) is 1.33. The quantitative estimate of drug-likeness (QED) is 0.909. The lowest BCUT2D eigenvalue weighted by atomic mass is 9.79. The molecule has 0 bridgehead atoms. The van der Waals surface area contributed by atoms with Gasteiger partial charge in [0.25, 0.3) is 5.91 Å². The van der Waals surface area contributed by atoms with E-state index in [2.05, 4.69) is 43.3 Å². The number of aromatic hydroxyl groups is 1. The fraction of sp³-hybridized carbons (Fsp3) is 0.350. The zero-order valence-corrected chi connectivity index (χ0v) is 15.3. The number of hydrogen-bond acceptors (Lipinski definition) is 3.